The summed E-state index contributed by atoms with van der Waals surface area (Å²) in [6, 6.07) is 1.40. The Morgan fingerprint density at radius 3 is 2.62 bits per heavy atom. The molecule has 0 bridgehead atoms. The summed E-state index contributed by atoms with van der Waals surface area (Å²) in [6.45, 7) is 1.68. The van der Waals surface area contributed by atoms with E-state index in [1.165, 1.54) is 6.07 Å². The van der Waals surface area contributed by atoms with E-state index in [9.17, 15) is 8.78 Å². The van der Waals surface area contributed by atoms with Crippen LogP contribution in [-0.4, -0.2) is 4.98 Å². The number of nitrogens with zero attached hydrogens (tertiary/aromatic N) is 1. The summed E-state index contributed by atoms with van der Waals surface area (Å²) in [5.41, 5.74) is 0.481. The van der Waals surface area contributed by atoms with Crippen molar-refractivity contribution in [1.29, 1.82) is 0 Å². The standard InChI is InChI=1S/C8H7Cl2F2N/c1-4-2-5(10)7(8(11)12)6(3-9)13-4/h2,8H,3H2,1H3. The Morgan fingerprint density at radius 1 is 1.54 bits per heavy atom. The molecule has 0 saturated carbocycles. The van der Waals surface area contributed by atoms with Crippen molar-refractivity contribution in [2.45, 2.75) is 19.2 Å². The molecule has 1 aromatic rings. The summed E-state index contributed by atoms with van der Waals surface area (Å²) in [5.74, 6) is -0.0545. The van der Waals surface area contributed by atoms with E-state index in [0.29, 0.717) is 5.69 Å². The highest BCUT2D eigenvalue weighted by atomic mass is 35.5. The molecule has 13 heavy (non-hydrogen) atoms. The van der Waals surface area contributed by atoms with Crippen molar-refractivity contribution in [3.05, 3.63) is 28.0 Å². The number of halogens is 4. The Labute approximate surface area is 84.7 Å². The van der Waals surface area contributed by atoms with E-state index in [1.807, 2.05) is 0 Å². The molecule has 1 aromatic heterocycles. The van der Waals surface area contributed by atoms with Crippen molar-refractivity contribution in [2.75, 3.05) is 0 Å². The number of alkyl halides is 3. The van der Waals surface area contributed by atoms with Crippen LogP contribution in [0, 0.1) is 6.92 Å². The van der Waals surface area contributed by atoms with Gasteiger partial charge >= 0.3 is 0 Å². The van der Waals surface area contributed by atoms with Crippen molar-refractivity contribution < 1.29 is 8.78 Å². The summed E-state index contributed by atoms with van der Waals surface area (Å²) < 4.78 is 24.8. The van der Waals surface area contributed by atoms with Gasteiger partial charge in [0.05, 0.1) is 22.2 Å². The molecule has 0 atom stereocenters. The lowest BCUT2D eigenvalue weighted by molar-refractivity contribution is 0.150. The van der Waals surface area contributed by atoms with Gasteiger partial charge in [-0.3, -0.25) is 4.98 Å². The fourth-order valence-corrected chi connectivity index (χ4v) is 1.59. The van der Waals surface area contributed by atoms with Gasteiger partial charge in [0.25, 0.3) is 6.43 Å². The van der Waals surface area contributed by atoms with Gasteiger partial charge in [-0.1, -0.05) is 11.6 Å². The molecule has 1 heterocycles. The first-order valence-corrected chi connectivity index (χ1v) is 4.47. The highest BCUT2D eigenvalue weighted by Crippen LogP contribution is 2.30. The molecule has 0 radical (unpaired) electrons. The van der Waals surface area contributed by atoms with E-state index in [4.69, 9.17) is 23.2 Å². The smallest absolute Gasteiger partial charge is 0.256 e. The molecule has 0 unspecified atom stereocenters. The van der Waals surface area contributed by atoms with Crippen LogP contribution in [0.5, 0.6) is 0 Å². The number of hydrogen-bond donors (Lipinski definition) is 0. The Kier molecular flexibility index (Phi) is 3.45. The van der Waals surface area contributed by atoms with E-state index in [2.05, 4.69) is 4.98 Å². The van der Waals surface area contributed by atoms with Crippen molar-refractivity contribution >= 4 is 23.2 Å². The summed E-state index contributed by atoms with van der Waals surface area (Å²) in [5, 5.41) is 0.0261. The Hall–Kier alpha value is -0.410. The summed E-state index contributed by atoms with van der Waals surface area (Å²) in [4.78, 5) is 3.88. The minimum absolute atomic E-state index is 0.0261. The zero-order valence-electron chi connectivity index (χ0n) is 6.82. The van der Waals surface area contributed by atoms with E-state index < -0.39 is 6.43 Å². The first-order chi connectivity index (χ1) is 6.06. The van der Waals surface area contributed by atoms with Gasteiger partial charge in [-0.25, -0.2) is 8.78 Å². The van der Waals surface area contributed by atoms with Gasteiger partial charge < -0.3 is 0 Å². The largest absolute Gasteiger partial charge is 0.267 e. The van der Waals surface area contributed by atoms with E-state index in [-0.39, 0.29) is 22.2 Å². The van der Waals surface area contributed by atoms with Crippen LogP contribution in [0.25, 0.3) is 0 Å². The van der Waals surface area contributed by atoms with Crippen LogP contribution in [0.1, 0.15) is 23.4 Å². The highest BCUT2D eigenvalue weighted by Gasteiger charge is 2.18. The molecule has 72 valence electrons. The third-order valence-corrected chi connectivity index (χ3v) is 2.13. The second-order valence-corrected chi connectivity index (χ2v) is 3.21. The van der Waals surface area contributed by atoms with Gasteiger partial charge in [0, 0.05) is 5.69 Å². The molecule has 0 aromatic carbocycles. The van der Waals surface area contributed by atoms with Gasteiger partial charge in [-0.2, -0.15) is 0 Å². The molecule has 0 fully saturated rings. The molecule has 0 amide bonds. The molecule has 0 aliphatic heterocycles. The Morgan fingerprint density at radius 2 is 2.15 bits per heavy atom. The molecule has 0 aliphatic carbocycles. The minimum atomic E-state index is -2.63. The summed E-state index contributed by atoms with van der Waals surface area (Å²) in [6.07, 6.45) is -2.63. The first-order valence-electron chi connectivity index (χ1n) is 3.56. The van der Waals surface area contributed by atoms with Crippen LogP contribution in [-0.2, 0) is 5.88 Å². The Balaban J connectivity index is 3.30. The van der Waals surface area contributed by atoms with Gasteiger partial charge in [0.1, 0.15) is 0 Å². The van der Waals surface area contributed by atoms with E-state index >= 15 is 0 Å². The van der Waals surface area contributed by atoms with Crippen molar-refractivity contribution in [1.82, 2.24) is 4.98 Å². The minimum Gasteiger partial charge on any atom is -0.256 e. The average Bonchev–Trinajstić information content (AvgIpc) is 2.01. The second kappa shape index (κ2) is 4.20. The third-order valence-electron chi connectivity index (χ3n) is 1.56. The van der Waals surface area contributed by atoms with Gasteiger partial charge in [0.15, 0.2) is 0 Å². The quantitative estimate of drug-likeness (QED) is 0.700. The van der Waals surface area contributed by atoms with E-state index in [0.717, 1.165) is 0 Å². The molecular formula is C8H7Cl2F2N. The summed E-state index contributed by atoms with van der Waals surface area (Å²) in [7, 11) is 0. The van der Waals surface area contributed by atoms with Crippen LogP contribution in [0.3, 0.4) is 0 Å². The van der Waals surface area contributed by atoms with Gasteiger partial charge in [-0.05, 0) is 13.0 Å². The van der Waals surface area contributed by atoms with Crippen molar-refractivity contribution in [3.8, 4) is 0 Å². The molecule has 0 saturated heterocycles. The predicted octanol–water partition coefficient (Wildman–Crippen LogP) is 3.72. The molecule has 0 N–H and O–H groups in total. The van der Waals surface area contributed by atoms with Gasteiger partial charge in [0.2, 0.25) is 0 Å². The van der Waals surface area contributed by atoms with Crippen molar-refractivity contribution in [3.63, 3.8) is 0 Å². The number of aryl methyl sites for hydroxylation is 1. The third kappa shape index (κ3) is 2.29. The maximum absolute atomic E-state index is 12.4. The zero-order chi connectivity index (χ0) is 10.0. The second-order valence-electron chi connectivity index (χ2n) is 2.54. The molecule has 0 spiro atoms. The number of pyridine rings is 1. The monoisotopic (exact) mass is 225 g/mol. The maximum atomic E-state index is 12.4. The number of hydrogen-bond acceptors (Lipinski definition) is 1. The zero-order valence-corrected chi connectivity index (χ0v) is 8.33. The maximum Gasteiger partial charge on any atom is 0.267 e. The number of rotatable bonds is 2. The lowest BCUT2D eigenvalue weighted by atomic mass is 10.2. The fourth-order valence-electron chi connectivity index (χ4n) is 1.04. The molecular weight excluding hydrogens is 219 g/mol. The first kappa shape index (κ1) is 10.7. The van der Waals surface area contributed by atoms with Gasteiger partial charge in [-0.15, -0.1) is 11.6 Å². The van der Waals surface area contributed by atoms with Crippen LogP contribution in [0.2, 0.25) is 5.02 Å². The predicted molar refractivity (Wildman–Crippen MR) is 48.5 cm³/mol. The average molecular weight is 226 g/mol. The number of aromatic nitrogens is 1. The molecule has 1 rings (SSSR count). The van der Waals surface area contributed by atoms with Crippen LogP contribution in [0.15, 0.2) is 6.07 Å². The SMILES string of the molecule is Cc1cc(Cl)c(C(F)F)c(CCl)n1. The molecule has 1 nitrogen and oxygen atoms in total. The lowest BCUT2D eigenvalue weighted by Crippen LogP contribution is -1.99. The van der Waals surface area contributed by atoms with Crippen LogP contribution >= 0.6 is 23.2 Å². The topological polar surface area (TPSA) is 12.9 Å². The fraction of sp³-hybridized carbons (Fsp3) is 0.375. The van der Waals surface area contributed by atoms with Crippen LogP contribution in [0.4, 0.5) is 8.78 Å². The Bertz CT molecular complexity index is 315. The lowest BCUT2D eigenvalue weighted by Gasteiger charge is -2.08. The summed E-state index contributed by atoms with van der Waals surface area (Å²) >= 11 is 11.1. The van der Waals surface area contributed by atoms with Crippen LogP contribution < -0.4 is 0 Å². The van der Waals surface area contributed by atoms with E-state index in [1.54, 1.807) is 6.92 Å². The normalized spacial score (nSPS) is 10.9. The van der Waals surface area contributed by atoms with Crippen molar-refractivity contribution in [2.24, 2.45) is 0 Å². The molecule has 5 heteroatoms. The molecule has 0 aliphatic rings. The highest BCUT2D eigenvalue weighted by molar-refractivity contribution is 6.31.